The molecule has 1 aliphatic rings. The lowest BCUT2D eigenvalue weighted by molar-refractivity contribution is 0.660. The molecule has 0 spiro atoms. The monoisotopic (exact) mass is 780 g/mol. The van der Waals surface area contributed by atoms with Crippen LogP contribution in [0, 0.1) is 0 Å². The van der Waals surface area contributed by atoms with Gasteiger partial charge in [-0.05, 0) is 139 Å². The first-order chi connectivity index (χ1) is 30.0. The topological polar surface area (TPSA) is 6.48 Å². The zero-order valence-electron chi connectivity index (χ0n) is 34.3. The van der Waals surface area contributed by atoms with Crippen molar-refractivity contribution in [3.63, 3.8) is 0 Å². The van der Waals surface area contributed by atoms with Gasteiger partial charge in [-0.15, -0.1) is 0 Å². The lowest BCUT2D eigenvalue weighted by Gasteiger charge is -2.29. The minimum absolute atomic E-state index is 0.255. The van der Waals surface area contributed by atoms with Gasteiger partial charge in [-0.1, -0.05) is 172 Å². The molecule has 2 heteroatoms. The molecule has 11 rings (SSSR count). The summed E-state index contributed by atoms with van der Waals surface area (Å²) in [6.07, 6.45) is 0. The number of fused-ring (bicyclic) bond motifs is 5. The molecule has 1 aliphatic carbocycles. The molecule has 290 valence electrons. The minimum Gasteiger partial charge on any atom is -0.310 e. The normalized spacial score (nSPS) is 12.6. The maximum atomic E-state index is 2.43. The molecule has 10 aromatic rings. The van der Waals surface area contributed by atoms with E-state index < -0.39 is 0 Å². The predicted octanol–water partition coefficient (Wildman–Crippen LogP) is 16.6. The Bertz CT molecular complexity index is 2980. The molecule has 0 fully saturated rings. The van der Waals surface area contributed by atoms with Crippen LogP contribution in [0.4, 0.5) is 34.1 Å². The summed E-state index contributed by atoms with van der Waals surface area (Å²) >= 11 is 0. The van der Waals surface area contributed by atoms with Crippen molar-refractivity contribution < 1.29 is 0 Å². The Morgan fingerprint density at radius 2 is 0.574 bits per heavy atom. The molecule has 0 aliphatic heterocycles. The van der Waals surface area contributed by atoms with E-state index in [-0.39, 0.29) is 5.41 Å². The summed E-state index contributed by atoms with van der Waals surface area (Å²) in [5.74, 6) is 0. The van der Waals surface area contributed by atoms with Crippen LogP contribution in [0.3, 0.4) is 0 Å². The van der Waals surface area contributed by atoms with Crippen molar-refractivity contribution in [2.24, 2.45) is 0 Å². The molecule has 0 saturated carbocycles. The third-order valence-electron chi connectivity index (χ3n) is 12.6. The number of rotatable bonds is 8. The summed E-state index contributed by atoms with van der Waals surface area (Å²) in [4.78, 5) is 4.82. The summed E-state index contributed by atoms with van der Waals surface area (Å²) in [7, 11) is 0. The molecule has 0 amide bonds. The summed E-state index contributed by atoms with van der Waals surface area (Å²) in [6.45, 7) is 4.77. The second-order valence-electron chi connectivity index (χ2n) is 16.6. The Hall–Kier alpha value is -7.68. The van der Waals surface area contributed by atoms with Crippen LogP contribution in [-0.2, 0) is 5.41 Å². The van der Waals surface area contributed by atoms with Gasteiger partial charge in [0.25, 0.3) is 0 Å². The number of anilines is 6. The molecule has 0 bridgehead atoms. The van der Waals surface area contributed by atoms with E-state index in [0.717, 1.165) is 34.1 Å². The standard InChI is InChI=1S/C59H44N2/c1-59(2)57-39-53(60(51-31-25-43-17-9-11-19-47(43)37-51)49-27-21-45(22-28-49)41-13-5-3-6-14-41)33-35-55(57)56-36-34-54(40-58(56)59)61(52-32-26-44-18-10-12-20-48(44)38-52)50-29-23-46(24-30-50)42-15-7-4-8-16-42/h3-40H,1-2H3. The third kappa shape index (κ3) is 6.54. The van der Waals surface area contributed by atoms with Crippen LogP contribution in [0.2, 0.25) is 0 Å². The quantitative estimate of drug-likeness (QED) is 0.152. The Labute approximate surface area is 358 Å². The lowest BCUT2D eigenvalue weighted by atomic mass is 9.82. The van der Waals surface area contributed by atoms with Gasteiger partial charge in [0.05, 0.1) is 0 Å². The van der Waals surface area contributed by atoms with Gasteiger partial charge in [0.1, 0.15) is 0 Å². The van der Waals surface area contributed by atoms with Gasteiger partial charge in [0, 0.05) is 39.5 Å². The first-order valence-corrected chi connectivity index (χ1v) is 21.2. The highest BCUT2D eigenvalue weighted by molar-refractivity contribution is 5.93. The second-order valence-corrected chi connectivity index (χ2v) is 16.6. The van der Waals surface area contributed by atoms with Crippen LogP contribution in [0.25, 0.3) is 54.9 Å². The summed E-state index contributed by atoms with van der Waals surface area (Å²) in [5, 5.41) is 4.91. The largest absolute Gasteiger partial charge is 0.310 e. The third-order valence-corrected chi connectivity index (χ3v) is 12.6. The Morgan fingerprint density at radius 3 is 0.984 bits per heavy atom. The molecule has 10 aromatic carbocycles. The van der Waals surface area contributed by atoms with E-state index in [0.29, 0.717) is 0 Å². The van der Waals surface area contributed by atoms with Gasteiger partial charge in [0.2, 0.25) is 0 Å². The summed E-state index contributed by atoms with van der Waals surface area (Å²) < 4.78 is 0. The highest BCUT2D eigenvalue weighted by atomic mass is 15.1. The summed E-state index contributed by atoms with van der Waals surface area (Å²) in [6, 6.07) is 84.2. The van der Waals surface area contributed by atoms with Crippen LogP contribution >= 0.6 is 0 Å². The van der Waals surface area contributed by atoms with Crippen molar-refractivity contribution in [1.29, 1.82) is 0 Å². The van der Waals surface area contributed by atoms with Gasteiger partial charge in [0.15, 0.2) is 0 Å². The molecule has 61 heavy (non-hydrogen) atoms. The minimum atomic E-state index is -0.255. The van der Waals surface area contributed by atoms with Crippen LogP contribution < -0.4 is 9.80 Å². The average molecular weight is 781 g/mol. The molecule has 0 radical (unpaired) electrons. The van der Waals surface area contributed by atoms with E-state index in [1.54, 1.807) is 0 Å². The molecular formula is C59H44N2. The number of nitrogens with zero attached hydrogens (tertiary/aromatic N) is 2. The van der Waals surface area contributed by atoms with Crippen LogP contribution in [-0.4, -0.2) is 0 Å². The van der Waals surface area contributed by atoms with Gasteiger partial charge >= 0.3 is 0 Å². The summed E-state index contributed by atoms with van der Waals surface area (Å²) in [5.41, 5.74) is 16.6. The van der Waals surface area contributed by atoms with Crippen LogP contribution in [0.1, 0.15) is 25.0 Å². The van der Waals surface area contributed by atoms with E-state index in [1.807, 2.05) is 0 Å². The van der Waals surface area contributed by atoms with Gasteiger partial charge in [-0.2, -0.15) is 0 Å². The molecule has 2 nitrogen and oxygen atoms in total. The van der Waals surface area contributed by atoms with Crippen molar-refractivity contribution >= 4 is 55.7 Å². The van der Waals surface area contributed by atoms with Crippen molar-refractivity contribution in [3.05, 3.63) is 242 Å². The van der Waals surface area contributed by atoms with Crippen LogP contribution in [0.15, 0.2) is 231 Å². The van der Waals surface area contributed by atoms with E-state index in [2.05, 4.69) is 254 Å². The fraction of sp³-hybridized carbons (Fsp3) is 0.0508. The number of hydrogen-bond acceptors (Lipinski definition) is 2. The Kier molecular flexibility index (Phi) is 8.86. The van der Waals surface area contributed by atoms with Gasteiger partial charge in [-0.25, -0.2) is 0 Å². The zero-order valence-corrected chi connectivity index (χ0v) is 34.3. The van der Waals surface area contributed by atoms with Crippen molar-refractivity contribution in [3.8, 4) is 33.4 Å². The molecule has 0 heterocycles. The first-order valence-electron chi connectivity index (χ1n) is 21.2. The highest BCUT2D eigenvalue weighted by Gasteiger charge is 2.37. The van der Waals surface area contributed by atoms with Gasteiger partial charge in [-0.3, -0.25) is 0 Å². The molecule has 0 N–H and O–H groups in total. The maximum absolute atomic E-state index is 2.43. The lowest BCUT2D eigenvalue weighted by Crippen LogP contribution is -2.17. The predicted molar refractivity (Wildman–Crippen MR) is 259 cm³/mol. The highest BCUT2D eigenvalue weighted by Crippen LogP contribution is 2.53. The molecule has 0 aromatic heterocycles. The smallest absolute Gasteiger partial charge is 0.0468 e. The maximum Gasteiger partial charge on any atom is 0.0468 e. The first kappa shape index (κ1) is 36.4. The van der Waals surface area contributed by atoms with E-state index in [4.69, 9.17) is 0 Å². The molecule has 0 atom stereocenters. The fourth-order valence-corrected chi connectivity index (χ4v) is 9.38. The molecule has 0 unspecified atom stereocenters. The molecule has 0 saturated heterocycles. The van der Waals surface area contributed by atoms with Crippen molar-refractivity contribution in [2.75, 3.05) is 9.80 Å². The average Bonchev–Trinajstić information content (AvgIpc) is 3.54. The number of benzene rings is 10. The van der Waals surface area contributed by atoms with E-state index >= 15 is 0 Å². The fourth-order valence-electron chi connectivity index (χ4n) is 9.38. The SMILES string of the molecule is CC1(C)c2cc(N(c3ccc(-c4ccccc4)cc3)c3ccc4ccccc4c3)ccc2-c2ccc(N(c3ccc(-c4ccccc4)cc3)c3ccc4ccccc4c3)cc21. The van der Waals surface area contributed by atoms with Crippen LogP contribution in [0.5, 0.6) is 0 Å². The second kappa shape index (κ2) is 14.9. The van der Waals surface area contributed by atoms with Crippen molar-refractivity contribution in [1.82, 2.24) is 0 Å². The van der Waals surface area contributed by atoms with Gasteiger partial charge < -0.3 is 9.80 Å². The van der Waals surface area contributed by atoms with E-state index in [1.165, 1.54) is 66.1 Å². The van der Waals surface area contributed by atoms with Crippen molar-refractivity contribution in [2.45, 2.75) is 19.3 Å². The zero-order chi connectivity index (χ0) is 40.9. The Morgan fingerprint density at radius 1 is 0.262 bits per heavy atom. The molecular weight excluding hydrogens is 737 g/mol. The van der Waals surface area contributed by atoms with E-state index in [9.17, 15) is 0 Å². The Balaban J connectivity index is 1.01. The number of hydrogen-bond donors (Lipinski definition) is 0.